The molecule has 2 unspecified atom stereocenters. The highest BCUT2D eigenvalue weighted by Gasteiger charge is 2.35. The molecule has 8 nitrogen and oxygen atoms in total. The number of aliphatic hydroxyl groups is 1. The number of carbonyl (C=O) groups is 3. The van der Waals surface area contributed by atoms with E-state index in [1.165, 1.54) is 4.90 Å². The van der Waals surface area contributed by atoms with Crippen LogP contribution in [-0.2, 0) is 14.3 Å². The summed E-state index contributed by atoms with van der Waals surface area (Å²) >= 11 is 0. The van der Waals surface area contributed by atoms with Crippen molar-refractivity contribution in [1.82, 2.24) is 15.5 Å². The minimum absolute atomic E-state index is 0.284. The van der Waals surface area contributed by atoms with Gasteiger partial charge in [0.25, 0.3) is 0 Å². The third kappa shape index (κ3) is 9.82. The summed E-state index contributed by atoms with van der Waals surface area (Å²) in [6.45, 7) is 11.2. The second-order valence-electron chi connectivity index (χ2n) is 9.23. The van der Waals surface area contributed by atoms with Gasteiger partial charge < -0.3 is 25.4 Å². The molecule has 0 saturated heterocycles. The largest absolute Gasteiger partial charge is 0.444 e. The maximum Gasteiger partial charge on any atom is 0.408 e. The first kappa shape index (κ1) is 28.4. The molecule has 0 aliphatic heterocycles. The summed E-state index contributed by atoms with van der Waals surface area (Å²) in [5.74, 6) is -0.826. The van der Waals surface area contributed by atoms with Crippen LogP contribution in [0.25, 0.3) is 0 Å². The standard InChI is InChI=1S/C25H41N3O5/c1-7-9-10-14-26-22(30)21(19-13-11-12-18(3)16-19)28(15-8-2)23(31)20(17-29)27-24(32)33-25(4,5)6/h11-13,16,20-21,29H,7-10,14-15,17H2,1-6H3,(H,26,30)(H,27,32). The van der Waals surface area contributed by atoms with Gasteiger partial charge in [0.05, 0.1) is 6.61 Å². The molecule has 0 aliphatic rings. The van der Waals surface area contributed by atoms with Gasteiger partial charge in [0.15, 0.2) is 0 Å². The Hall–Kier alpha value is -2.61. The highest BCUT2D eigenvalue weighted by atomic mass is 16.6. The Balaban J connectivity index is 3.23. The normalized spacial score (nSPS) is 13.1. The van der Waals surface area contributed by atoms with Gasteiger partial charge >= 0.3 is 6.09 Å². The summed E-state index contributed by atoms with van der Waals surface area (Å²) in [5, 5.41) is 15.3. The molecule has 3 amide bonds. The first-order chi connectivity index (χ1) is 15.5. The minimum Gasteiger partial charge on any atom is -0.444 e. The number of nitrogens with zero attached hydrogens (tertiary/aromatic N) is 1. The number of amides is 3. The lowest BCUT2D eigenvalue weighted by Gasteiger charge is -2.34. The number of alkyl carbamates (subject to hydrolysis) is 1. The smallest absolute Gasteiger partial charge is 0.408 e. The van der Waals surface area contributed by atoms with Crippen molar-refractivity contribution in [2.75, 3.05) is 19.7 Å². The van der Waals surface area contributed by atoms with E-state index in [1.54, 1.807) is 20.8 Å². The van der Waals surface area contributed by atoms with Crippen molar-refractivity contribution in [1.29, 1.82) is 0 Å². The summed E-state index contributed by atoms with van der Waals surface area (Å²) in [4.78, 5) is 40.4. The fourth-order valence-electron chi connectivity index (χ4n) is 3.44. The molecular weight excluding hydrogens is 422 g/mol. The third-order valence-corrected chi connectivity index (χ3v) is 4.92. The number of rotatable bonds is 12. The monoisotopic (exact) mass is 463 g/mol. The van der Waals surface area contributed by atoms with Crippen LogP contribution in [0.5, 0.6) is 0 Å². The lowest BCUT2D eigenvalue weighted by Crippen LogP contribution is -2.54. The average molecular weight is 464 g/mol. The Morgan fingerprint density at radius 2 is 1.82 bits per heavy atom. The Labute approximate surface area is 198 Å². The van der Waals surface area contributed by atoms with E-state index >= 15 is 0 Å². The van der Waals surface area contributed by atoms with Crippen LogP contribution in [0.3, 0.4) is 0 Å². The highest BCUT2D eigenvalue weighted by Crippen LogP contribution is 2.24. The Bertz CT molecular complexity index is 776. The van der Waals surface area contributed by atoms with Crippen molar-refractivity contribution < 1.29 is 24.2 Å². The van der Waals surface area contributed by atoms with Crippen molar-refractivity contribution in [2.24, 2.45) is 0 Å². The first-order valence-corrected chi connectivity index (χ1v) is 11.8. The van der Waals surface area contributed by atoms with Gasteiger partial charge in [-0.15, -0.1) is 0 Å². The van der Waals surface area contributed by atoms with Gasteiger partial charge in [-0.25, -0.2) is 4.79 Å². The van der Waals surface area contributed by atoms with Crippen molar-refractivity contribution in [2.45, 2.75) is 84.9 Å². The highest BCUT2D eigenvalue weighted by molar-refractivity contribution is 5.92. The second-order valence-corrected chi connectivity index (χ2v) is 9.23. The Morgan fingerprint density at radius 1 is 1.12 bits per heavy atom. The molecule has 8 heteroatoms. The van der Waals surface area contributed by atoms with Crippen LogP contribution in [0, 0.1) is 6.92 Å². The molecule has 2 atom stereocenters. The van der Waals surface area contributed by atoms with E-state index in [9.17, 15) is 19.5 Å². The van der Waals surface area contributed by atoms with Gasteiger partial charge in [-0.2, -0.15) is 0 Å². The number of unbranched alkanes of at least 4 members (excludes halogenated alkanes) is 2. The molecule has 0 heterocycles. The van der Waals surface area contributed by atoms with E-state index in [4.69, 9.17) is 4.74 Å². The third-order valence-electron chi connectivity index (χ3n) is 4.92. The van der Waals surface area contributed by atoms with Gasteiger partial charge in [-0.3, -0.25) is 9.59 Å². The molecule has 0 spiro atoms. The molecule has 0 radical (unpaired) electrons. The van der Waals surface area contributed by atoms with Gasteiger partial charge in [0.1, 0.15) is 17.7 Å². The second kappa shape index (κ2) is 13.8. The SMILES string of the molecule is CCCCCNC(=O)C(c1cccc(C)c1)N(CCC)C(=O)C(CO)NC(=O)OC(C)(C)C. The van der Waals surface area contributed by atoms with E-state index in [0.717, 1.165) is 24.8 Å². The fraction of sp³-hybridized carbons (Fsp3) is 0.640. The molecule has 0 saturated carbocycles. The molecule has 1 aromatic carbocycles. The number of carbonyl (C=O) groups excluding carboxylic acids is 3. The van der Waals surface area contributed by atoms with Gasteiger partial charge in [0.2, 0.25) is 11.8 Å². The average Bonchev–Trinajstić information content (AvgIpc) is 2.73. The van der Waals surface area contributed by atoms with Crippen LogP contribution < -0.4 is 10.6 Å². The number of hydrogen-bond acceptors (Lipinski definition) is 5. The zero-order chi connectivity index (χ0) is 25.0. The molecule has 0 fully saturated rings. The van der Waals surface area contributed by atoms with Crippen LogP contribution in [0.1, 0.15) is 77.5 Å². The Morgan fingerprint density at radius 3 is 2.36 bits per heavy atom. The number of aliphatic hydroxyl groups excluding tert-OH is 1. The molecule has 1 rings (SSSR count). The van der Waals surface area contributed by atoms with Crippen LogP contribution >= 0.6 is 0 Å². The maximum atomic E-state index is 13.5. The van der Waals surface area contributed by atoms with Crippen LogP contribution in [0.15, 0.2) is 24.3 Å². The van der Waals surface area contributed by atoms with Crippen LogP contribution in [0.2, 0.25) is 0 Å². The molecule has 0 aromatic heterocycles. The maximum absolute atomic E-state index is 13.5. The Kier molecular flexibility index (Phi) is 11.9. The zero-order valence-corrected chi connectivity index (χ0v) is 20.9. The number of ether oxygens (including phenoxy) is 1. The molecule has 3 N–H and O–H groups in total. The van der Waals surface area contributed by atoms with Gasteiger partial charge in [0, 0.05) is 13.1 Å². The van der Waals surface area contributed by atoms with E-state index < -0.39 is 36.3 Å². The summed E-state index contributed by atoms with van der Waals surface area (Å²) in [6, 6.07) is 5.35. The number of hydrogen-bond donors (Lipinski definition) is 3. The summed E-state index contributed by atoms with van der Waals surface area (Å²) in [6.07, 6.45) is 2.68. The van der Waals surface area contributed by atoms with E-state index in [1.807, 2.05) is 38.1 Å². The van der Waals surface area contributed by atoms with Gasteiger partial charge in [-0.05, 0) is 46.1 Å². The van der Waals surface area contributed by atoms with Crippen molar-refractivity contribution in [3.05, 3.63) is 35.4 Å². The fourth-order valence-corrected chi connectivity index (χ4v) is 3.44. The summed E-state index contributed by atoms with van der Waals surface area (Å²) in [5.41, 5.74) is 0.892. The zero-order valence-electron chi connectivity index (χ0n) is 20.9. The first-order valence-electron chi connectivity index (χ1n) is 11.8. The summed E-state index contributed by atoms with van der Waals surface area (Å²) in [7, 11) is 0. The number of aryl methyl sites for hydroxylation is 1. The molecule has 0 bridgehead atoms. The number of nitrogens with one attached hydrogen (secondary N) is 2. The van der Waals surface area contributed by atoms with E-state index in [-0.39, 0.29) is 12.5 Å². The molecule has 1 aromatic rings. The van der Waals surface area contributed by atoms with Gasteiger partial charge in [-0.1, -0.05) is 56.5 Å². The lowest BCUT2D eigenvalue weighted by molar-refractivity contribution is -0.143. The van der Waals surface area contributed by atoms with Crippen LogP contribution in [0.4, 0.5) is 4.79 Å². The molecule has 186 valence electrons. The minimum atomic E-state index is -1.23. The van der Waals surface area contributed by atoms with E-state index in [2.05, 4.69) is 17.6 Å². The molecular formula is C25H41N3O5. The topological polar surface area (TPSA) is 108 Å². The predicted octanol–water partition coefficient (Wildman–Crippen LogP) is 3.47. The van der Waals surface area contributed by atoms with Crippen molar-refractivity contribution in [3.63, 3.8) is 0 Å². The van der Waals surface area contributed by atoms with Crippen molar-refractivity contribution >= 4 is 17.9 Å². The predicted molar refractivity (Wildman–Crippen MR) is 129 cm³/mol. The summed E-state index contributed by atoms with van der Waals surface area (Å²) < 4.78 is 5.23. The molecule has 33 heavy (non-hydrogen) atoms. The van der Waals surface area contributed by atoms with E-state index in [0.29, 0.717) is 18.5 Å². The number of benzene rings is 1. The lowest BCUT2D eigenvalue weighted by atomic mass is 10.0. The quantitative estimate of drug-likeness (QED) is 0.412. The molecule has 0 aliphatic carbocycles. The van der Waals surface area contributed by atoms with Crippen LogP contribution in [-0.4, -0.2) is 59.3 Å². The van der Waals surface area contributed by atoms with Crippen molar-refractivity contribution in [3.8, 4) is 0 Å².